The fourth-order valence-electron chi connectivity index (χ4n) is 0. The first-order valence-corrected chi connectivity index (χ1v) is 2.35. The van der Waals surface area contributed by atoms with Gasteiger partial charge in [0.25, 0.3) is 0 Å². The molecule has 0 radical (unpaired) electrons. The van der Waals surface area contributed by atoms with Gasteiger partial charge in [-0.25, -0.2) is 4.57 Å². The Morgan fingerprint density at radius 3 is 1.12 bits per heavy atom. The second-order valence-corrected chi connectivity index (χ2v) is 1.54. The van der Waals surface area contributed by atoms with Gasteiger partial charge in [0.2, 0.25) is 0 Å². The summed E-state index contributed by atoms with van der Waals surface area (Å²) >= 11 is 0. The van der Waals surface area contributed by atoms with Crippen LogP contribution in [0.15, 0.2) is 0 Å². The molecule has 0 aliphatic carbocycles. The van der Waals surface area contributed by atoms with Crippen LogP contribution < -0.4 is 0 Å². The van der Waals surface area contributed by atoms with Gasteiger partial charge in [-0.2, -0.15) is 0 Å². The monoisotopic (exact) mass is 286 g/mol. The van der Waals surface area contributed by atoms with Crippen molar-refractivity contribution < 1.29 is 66.5 Å². The molecule has 8 heavy (non-hydrogen) atoms. The largest absolute Gasteiger partial charge is 0.466 e. The Bertz CT molecular complexity index is 58.6. The molecule has 0 fully saturated rings. The van der Waals surface area contributed by atoms with E-state index < -0.39 is 7.82 Å². The molecule has 0 rings (SSSR count). The second-order valence-electron chi connectivity index (χ2n) is 0.513. The summed E-state index contributed by atoms with van der Waals surface area (Å²) in [6.45, 7) is 0. The average molecular weight is 286 g/mol. The topological polar surface area (TPSA) is 109 Å². The minimum absolute atomic E-state index is 0. The molecule has 50 valence electrons. The van der Waals surface area contributed by atoms with E-state index in [1.165, 1.54) is 0 Å². The van der Waals surface area contributed by atoms with Crippen LogP contribution in [0, 0.1) is 41.7 Å². The van der Waals surface area contributed by atoms with E-state index in [4.69, 9.17) is 19.2 Å². The maximum Gasteiger partial charge on any atom is 0.466 e. The maximum atomic E-state index is 8.88. The average Bonchev–Trinajstić information content (AvgIpc) is 0.722. The third-order valence-corrected chi connectivity index (χ3v) is 0. The van der Waals surface area contributed by atoms with E-state index in [2.05, 4.69) is 0 Å². The molecule has 0 atom stereocenters. The summed E-state index contributed by atoms with van der Waals surface area (Å²) in [5.74, 6) is 0. The van der Waals surface area contributed by atoms with Gasteiger partial charge in [-0.15, -0.1) is 0 Å². The Morgan fingerprint density at radius 1 is 1.12 bits per heavy atom. The Hall–Kier alpha value is 1.98. The van der Waals surface area contributed by atoms with Gasteiger partial charge in [-0.1, -0.05) is 0 Å². The molecule has 0 aromatic rings. The Morgan fingerprint density at radius 2 is 1.12 bits per heavy atom. The summed E-state index contributed by atoms with van der Waals surface area (Å²) in [6, 6.07) is 0. The minimum Gasteiger partial charge on any atom is -0.412 e. The fraction of sp³-hybridized carbons (Fsp3) is 0. The molecule has 0 aliphatic heterocycles. The molecular formula is H8AlCeO5P. The predicted molar refractivity (Wildman–Crippen MR) is 27.8 cm³/mol. The first kappa shape index (κ1) is 22.5. The number of phosphoric acid groups is 1. The van der Waals surface area contributed by atoms with Gasteiger partial charge in [0.15, 0.2) is 17.4 Å². The zero-order chi connectivity index (χ0) is 4.50. The van der Waals surface area contributed by atoms with Crippen molar-refractivity contribution in [3.05, 3.63) is 0 Å². The van der Waals surface area contributed by atoms with Crippen LogP contribution in [0.3, 0.4) is 0 Å². The van der Waals surface area contributed by atoms with E-state index in [1.54, 1.807) is 0 Å². The quantitative estimate of drug-likeness (QED) is 0.327. The molecule has 0 bridgehead atoms. The summed E-state index contributed by atoms with van der Waals surface area (Å²) in [6.07, 6.45) is 0. The van der Waals surface area contributed by atoms with Crippen molar-refractivity contribution in [3.8, 4) is 0 Å². The van der Waals surface area contributed by atoms with Crippen molar-refractivity contribution in [1.82, 2.24) is 0 Å². The van der Waals surface area contributed by atoms with Gasteiger partial charge in [0, 0.05) is 41.7 Å². The van der Waals surface area contributed by atoms with Crippen LogP contribution in [0.2, 0.25) is 0 Å². The Balaban J connectivity index is -0.0000000267. The minimum atomic E-state index is -4.64. The first-order valence-electron chi connectivity index (χ1n) is 0.783. The number of hydrogen-bond acceptors (Lipinski definition) is 1. The van der Waals surface area contributed by atoms with Gasteiger partial charge < -0.3 is 20.2 Å². The molecule has 8 heteroatoms. The molecule has 5 nitrogen and oxygen atoms in total. The molecule has 0 aromatic carbocycles. The molecule has 0 heterocycles. The van der Waals surface area contributed by atoms with Crippen molar-refractivity contribution in [3.63, 3.8) is 0 Å². The van der Waals surface area contributed by atoms with Gasteiger partial charge in [-0.3, -0.25) is 0 Å². The number of rotatable bonds is 0. The smallest absolute Gasteiger partial charge is 0.412 e. The van der Waals surface area contributed by atoms with Crippen molar-refractivity contribution >= 4 is 25.2 Å². The number of hydrogen-bond donors (Lipinski definition) is 3. The SMILES string of the molecule is O.O=P(O)(O)O.[AlH3].[Ce]. The summed E-state index contributed by atoms with van der Waals surface area (Å²) in [5.41, 5.74) is 0. The third-order valence-electron chi connectivity index (χ3n) is 0. The van der Waals surface area contributed by atoms with Crippen molar-refractivity contribution in [2.75, 3.05) is 0 Å². The zero-order valence-corrected chi connectivity index (χ0v) is 7.23. The first-order chi connectivity index (χ1) is 2.00. The standard InChI is InChI=1S/Al.Ce.H3O4P.H2O.3H/c;;1-5(2,3)4;;;;/h;;(H3,1,2,3,4);1H2;;;. The van der Waals surface area contributed by atoms with E-state index >= 15 is 0 Å². The van der Waals surface area contributed by atoms with Crippen molar-refractivity contribution in [2.24, 2.45) is 0 Å². The van der Waals surface area contributed by atoms with Crippen LogP contribution in [0.5, 0.6) is 0 Å². The molecule has 0 unspecified atom stereocenters. The molecular weight excluding hydrogens is 278 g/mol. The molecule has 0 aliphatic rings. The van der Waals surface area contributed by atoms with Crippen LogP contribution in [0.25, 0.3) is 0 Å². The van der Waals surface area contributed by atoms with Crippen molar-refractivity contribution in [1.29, 1.82) is 0 Å². The molecule has 0 spiro atoms. The normalized spacial score (nSPS) is 7.38. The Labute approximate surface area is 90.5 Å². The predicted octanol–water partition coefficient (Wildman–Crippen LogP) is -2.94. The van der Waals surface area contributed by atoms with E-state index in [0.717, 1.165) is 0 Å². The van der Waals surface area contributed by atoms with Gasteiger partial charge in [0.1, 0.15) is 0 Å². The third kappa shape index (κ3) is 99.2. The molecule has 0 saturated heterocycles. The molecule has 0 saturated carbocycles. The van der Waals surface area contributed by atoms with Crippen LogP contribution >= 0.6 is 7.82 Å². The fourth-order valence-corrected chi connectivity index (χ4v) is 0. The molecule has 5 N–H and O–H groups in total. The van der Waals surface area contributed by atoms with Crippen molar-refractivity contribution in [2.45, 2.75) is 0 Å². The van der Waals surface area contributed by atoms with Gasteiger partial charge >= 0.3 is 7.82 Å². The van der Waals surface area contributed by atoms with Crippen LogP contribution in [0.4, 0.5) is 0 Å². The van der Waals surface area contributed by atoms with Crippen LogP contribution in [-0.4, -0.2) is 37.5 Å². The van der Waals surface area contributed by atoms with E-state index in [-0.39, 0.29) is 64.6 Å². The zero-order valence-electron chi connectivity index (χ0n) is 3.20. The summed E-state index contributed by atoms with van der Waals surface area (Å²) in [7, 11) is -4.64. The van der Waals surface area contributed by atoms with E-state index in [9.17, 15) is 0 Å². The summed E-state index contributed by atoms with van der Waals surface area (Å²) in [4.78, 5) is 21.6. The summed E-state index contributed by atoms with van der Waals surface area (Å²) < 4.78 is 8.88. The van der Waals surface area contributed by atoms with Gasteiger partial charge in [0.05, 0.1) is 0 Å². The molecule has 0 amide bonds. The summed E-state index contributed by atoms with van der Waals surface area (Å²) in [5, 5.41) is 0. The van der Waals surface area contributed by atoms with Crippen LogP contribution in [-0.2, 0) is 4.57 Å². The Kier molecular flexibility index (Phi) is 25.3. The maximum absolute atomic E-state index is 8.88. The molecule has 0 aromatic heterocycles. The van der Waals surface area contributed by atoms with Gasteiger partial charge in [-0.05, 0) is 0 Å². The van der Waals surface area contributed by atoms with E-state index in [0.29, 0.717) is 0 Å². The second kappa shape index (κ2) is 8.98. The van der Waals surface area contributed by atoms with E-state index in [1.807, 2.05) is 0 Å². The van der Waals surface area contributed by atoms with Crippen LogP contribution in [0.1, 0.15) is 0 Å².